The lowest BCUT2D eigenvalue weighted by molar-refractivity contribution is -0.385. The maximum absolute atomic E-state index is 12.2. The van der Waals surface area contributed by atoms with Crippen LogP contribution in [-0.2, 0) is 11.3 Å². The van der Waals surface area contributed by atoms with E-state index >= 15 is 0 Å². The van der Waals surface area contributed by atoms with Gasteiger partial charge < -0.3 is 5.32 Å². The lowest BCUT2D eigenvalue weighted by Crippen LogP contribution is -2.34. The first-order chi connectivity index (χ1) is 11.4. The second-order valence-electron chi connectivity index (χ2n) is 5.19. The molecule has 0 spiro atoms. The first-order valence-electron chi connectivity index (χ1n) is 7.30. The molecule has 0 aliphatic rings. The Labute approximate surface area is 146 Å². The van der Waals surface area contributed by atoms with Crippen LogP contribution in [-0.4, -0.2) is 15.4 Å². The average molecular weight is 394 g/mol. The van der Waals surface area contributed by atoms with Gasteiger partial charge >= 0.3 is 0 Å². The number of halogens is 1. The number of hydrogen-bond acceptors (Lipinski definition) is 4. The minimum absolute atomic E-state index is 0.194. The third-order valence-electron chi connectivity index (χ3n) is 3.51. The molecule has 2 rings (SSSR count). The maximum atomic E-state index is 12.2. The SMILES string of the molecule is CC[C@H](NC(=O)Cn1cc([N+](=O)[O-])ccc1=O)c1ccc(Br)cc1. The highest BCUT2D eigenvalue weighted by molar-refractivity contribution is 9.10. The Morgan fingerprint density at radius 1 is 1.29 bits per heavy atom. The van der Waals surface area contributed by atoms with Gasteiger partial charge in [0.15, 0.2) is 0 Å². The van der Waals surface area contributed by atoms with E-state index in [-0.39, 0.29) is 24.2 Å². The predicted molar refractivity (Wildman–Crippen MR) is 92.7 cm³/mol. The number of benzene rings is 1. The average Bonchev–Trinajstić information content (AvgIpc) is 2.55. The van der Waals surface area contributed by atoms with Crippen molar-refractivity contribution in [3.8, 4) is 0 Å². The van der Waals surface area contributed by atoms with Gasteiger partial charge in [0.1, 0.15) is 6.54 Å². The molecular formula is C16H16BrN3O4. The van der Waals surface area contributed by atoms with E-state index in [1.54, 1.807) is 0 Å². The van der Waals surface area contributed by atoms with Crippen molar-refractivity contribution in [3.63, 3.8) is 0 Å². The fourth-order valence-corrected chi connectivity index (χ4v) is 2.53. The van der Waals surface area contributed by atoms with E-state index in [9.17, 15) is 19.7 Å². The lowest BCUT2D eigenvalue weighted by Gasteiger charge is -2.18. The van der Waals surface area contributed by atoms with Crippen LogP contribution >= 0.6 is 15.9 Å². The fourth-order valence-electron chi connectivity index (χ4n) is 2.26. The van der Waals surface area contributed by atoms with Gasteiger partial charge in [-0.25, -0.2) is 0 Å². The molecule has 0 unspecified atom stereocenters. The Kier molecular flexibility index (Phi) is 5.86. The molecule has 7 nitrogen and oxygen atoms in total. The maximum Gasteiger partial charge on any atom is 0.285 e. The largest absolute Gasteiger partial charge is 0.348 e. The minimum Gasteiger partial charge on any atom is -0.348 e. The van der Waals surface area contributed by atoms with Crippen LogP contribution in [0.3, 0.4) is 0 Å². The summed E-state index contributed by atoms with van der Waals surface area (Å²) in [5.74, 6) is -0.382. The highest BCUT2D eigenvalue weighted by atomic mass is 79.9. The number of rotatable bonds is 6. The Morgan fingerprint density at radius 2 is 1.96 bits per heavy atom. The van der Waals surface area contributed by atoms with Crippen LogP contribution < -0.4 is 10.9 Å². The monoisotopic (exact) mass is 393 g/mol. The summed E-state index contributed by atoms with van der Waals surface area (Å²) in [6, 6.07) is 9.57. The first-order valence-corrected chi connectivity index (χ1v) is 8.09. The molecule has 0 bridgehead atoms. The van der Waals surface area contributed by atoms with Crippen LogP contribution in [0.1, 0.15) is 24.9 Å². The first kappa shape index (κ1) is 17.9. The number of hydrogen-bond donors (Lipinski definition) is 1. The van der Waals surface area contributed by atoms with Gasteiger partial charge in [-0.2, -0.15) is 0 Å². The number of pyridine rings is 1. The summed E-state index contributed by atoms with van der Waals surface area (Å²) in [7, 11) is 0. The molecule has 2 aromatic rings. The van der Waals surface area contributed by atoms with E-state index in [1.165, 1.54) is 0 Å². The van der Waals surface area contributed by atoms with E-state index in [0.29, 0.717) is 6.42 Å². The number of nitrogens with one attached hydrogen (secondary N) is 1. The summed E-state index contributed by atoms with van der Waals surface area (Å²) in [6.45, 7) is 1.67. The number of carbonyl (C=O) groups is 1. The fraction of sp³-hybridized carbons (Fsp3) is 0.250. The Bertz CT molecular complexity index is 802. The lowest BCUT2D eigenvalue weighted by atomic mass is 10.0. The highest BCUT2D eigenvalue weighted by Gasteiger charge is 2.15. The Morgan fingerprint density at radius 3 is 2.54 bits per heavy atom. The molecule has 0 aliphatic carbocycles. The third kappa shape index (κ3) is 4.51. The molecule has 0 fully saturated rings. The van der Waals surface area contributed by atoms with Crippen molar-refractivity contribution in [1.82, 2.24) is 9.88 Å². The zero-order valence-electron chi connectivity index (χ0n) is 12.9. The summed E-state index contributed by atoms with van der Waals surface area (Å²) < 4.78 is 1.97. The molecule has 0 saturated carbocycles. The molecule has 24 heavy (non-hydrogen) atoms. The summed E-state index contributed by atoms with van der Waals surface area (Å²) in [6.07, 6.45) is 1.75. The van der Waals surface area contributed by atoms with Gasteiger partial charge in [-0.05, 0) is 24.1 Å². The quantitative estimate of drug-likeness (QED) is 0.602. The second-order valence-corrected chi connectivity index (χ2v) is 6.11. The van der Waals surface area contributed by atoms with Gasteiger partial charge in [-0.1, -0.05) is 35.0 Å². The molecular weight excluding hydrogens is 378 g/mol. The second kappa shape index (κ2) is 7.87. The predicted octanol–water partition coefficient (Wildman–Crippen LogP) is 2.79. The van der Waals surface area contributed by atoms with E-state index in [0.717, 1.165) is 32.9 Å². The number of aromatic nitrogens is 1. The molecule has 1 aromatic carbocycles. The molecule has 1 N–H and O–H groups in total. The molecule has 1 amide bonds. The van der Waals surface area contributed by atoms with Gasteiger partial charge in [0, 0.05) is 16.6 Å². The van der Waals surface area contributed by atoms with Gasteiger partial charge in [-0.15, -0.1) is 0 Å². The van der Waals surface area contributed by atoms with E-state index < -0.39 is 10.5 Å². The normalized spacial score (nSPS) is 11.8. The van der Waals surface area contributed by atoms with Gasteiger partial charge in [-0.3, -0.25) is 24.3 Å². The number of amides is 1. The van der Waals surface area contributed by atoms with Crippen molar-refractivity contribution in [2.45, 2.75) is 25.9 Å². The number of nitrogens with zero attached hydrogens (tertiary/aromatic N) is 2. The third-order valence-corrected chi connectivity index (χ3v) is 4.04. The summed E-state index contributed by atoms with van der Waals surface area (Å²) in [4.78, 5) is 34.1. The smallest absolute Gasteiger partial charge is 0.285 e. The number of carbonyl (C=O) groups excluding carboxylic acids is 1. The molecule has 1 atom stereocenters. The summed E-state index contributed by atoms with van der Waals surface area (Å²) in [5.41, 5.74) is 0.246. The highest BCUT2D eigenvalue weighted by Crippen LogP contribution is 2.19. The molecule has 8 heteroatoms. The molecule has 1 aromatic heterocycles. The summed E-state index contributed by atoms with van der Waals surface area (Å²) >= 11 is 3.36. The molecule has 126 valence electrons. The van der Waals surface area contributed by atoms with Crippen molar-refractivity contribution in [3.05, 3.63) is 73.1 Å². The van der Waals surface area contributed by atoms with Crippen LogP contribution in [0.5, 0.6) is 0 Å². The van der Waals surface area contributed by atoms with Crippen LogP contribution in [0.4, 0.5) is 5.69 Å². The zero-order chi connectivity index (χ0) is 17.7. The van der Waals surface area contributed by atoms with Crippen molar-refractivity contribution < 1.29 is 9.72 Å². The van der Waals surface area contributed by atoms with Crippen molar-refractivity contribution in [2.24, 2.45) is 0 Å². The zero-order valence-corrected chi connectivity index (χ0v) is 14.5. The summed E-state index contributed by atoms with van der Waals surface area (Å²) in [5, 5.41) is 13.6. The van der Waals surface area contributed by atoms with Crippen molar-refractivity contribution >= 4 is 27.5 Å². The van der Waals surface area contributed by atoms with Crippen LogP contribution in [0.25, 0.3) is 0 Å². The van der Waals surface area contributed by atoms with E-state index in [1.807, 2.05) is 31.2 Å². The van der Waals surface area contributed by atoms with Gasteiger partial charge in [0.05, 0.1) is 17.2 Å². The Hall–Kier alpha value is -2.48. The molecule has 0 saturated heterocycles. The van der Waals surface area contributed by atoms with E-state index in [2.05, 4.69) is 21.2 Å². The van der Waals surface area contributed by atoms with E-state index in [4.69, 9.17) is 0 Å². The van der Waals surface area contributed by atoms with Crippen molar-refractivity contribution in [2.75, 3.05) is 0 Å². The molecule has 0 aliphatic heterocycles. The molecule has 1 heterocycles. The van der Waals surface area contributed by atoms with Gasteiger partial charge in [0.25, 0.3) is 11.2 Å². The van der Waals surface area contributed by atoms with Gasteiger partial charge in [0.2, 0.25) is 5.91 Å². The Balaban J connectivity index is 2.12. The van der Waals surface area contributed by atoms with Crippen LogP contribution in [0.2, 0.25) is 0 Å². The standard InChI is InChI=1S/C16H16BrN3O4/c1-2-14(11-3-5-12(17)6-4-11)18-15(21)10-19-9-13(20(23)24)7-8-16(19)22/h3-9,14H,2,10H2,1H3,(H,18,21)/t14-/m0/s1. The minimum atomic E-state index is -0.607. The van der Waals surface area contributed by atoms with Crippen molar-refractivity contribution in [1.29, 1.82) is 0 Å². The number of nitro groups is 1. The topological polar surface area (TPSA) is 94.2 Å². The molecule has 0 radical (unpaired) electrons. The van der Waals surface area contributed by atoms with Crippen LogP contribution in [0, 0.1) is 10.1 Å². The van der Waals surface area contributed by atoms with Crippen LogP contribution in [0.15, 0.2) is 51.9 Å².